The van der Waals surface area contributed by atoms with Crippen molar-refractivity contribution >= 4 is 29.5 Å². The van der Waals surface area contributed by atoms with Crippen molar-refractivity contribution in [2.24, 2.45) is 0 Å². The largest absolute Gasteiger partial charge is 0.477 e. The summed E-state index contributed by atoms with van der Waals surface area (Å²) in [6.45, 7) is 13.8. The lowest BCUT2D eigenvalue weighted by Crippen LogP contribution is -2.28. The third-order valence-electron chi connectivity index (χ3n) is 4.91. The van der Waals surface area contributed by atoms with Gasteiger partial charge in [0.2, 0.25) is 5.95 Å². The number of thioether (sulfide) groups is 1. The minimum Gasteiger partial charge on any atom is -0.477 e. The lowest BCUT2D eigenvalue weighted by atomic mass is 10.2. The average molecular weight is 467 g/mol. The first-order valence-electron chi connectivity index (χ1n) is 11.3. The normalized spacial score (nSPS) is 11.2. The quantitative estimate of drug-likeness (QED) is 0.184. The first-order chi connectivity index (χ1) is 16.0. The minimum atomic E-state index is -1.05. The Bertz CT molecular complexity index is 960. The van der Waals surface area contributed by atoms with Gasteiger partial charge in [0.05, 0.1) is 0 Å². The predicted molar refractivity (Wildman–Crippen MR) is 139 cm³/mol. The fourth-order valence-electron chi connectivity index (χ4n) is 3.19. The van der Waals surface area contributed by atoms with Crippen LogP contribution in [0.1, 0.15) is 49.0 Å². The molecule has 2 aromatic rings. The summed E-state index contributed by atoms with van der Waals surface area (Å²) >= 11 is 1.42. The number of hydrogen-bond acceptors (Lipinski definition) is 6. The summed E-state index contributed by atoms with van der Waals surface area (Å²) in [5, 5.41) is 13.7. The lowest BCUT2D eigenvalue weighted by molar-refractivity contribution is 0.0693. The number of aromatic nitrogens is 2. The maximum absolute atomic E-state index is 12.3. The number of anilines is 2. The first kappa shape index (κ1) is 26.2. The topological polar surface area (TPSA) is 78.4 Å². The van der Waals surface area contributed by atoms with Gasteiger partial charge in [0, 0.05) is 25.4 Å². The van der Waals surface area contributed by atoms with E-state index in [0.717, 1.165) is 43.5 Å². The van der Waals surface area contributed by atoms with Crippen LogP contribution in [0.15, 0.2) is 72.3 Å². The van der Waals surface area contributed by atoms with Crippen LogP contribution in [-0.4, -0.2) is 40.7 Å². The molecule has 1 aromatic heterocycles. The summed E-state index contributed by atoms with van der Waals surface area (Å²) in [6.07, 6.45) is 8.25. The highest BCUT2D eigenvalue weighted by molar-refractivity contribution is 7.98. The van der Waals surface area contributed by atoms with Crippen LogP contribution in [-0.2, 0) is 5.75 Å². The van der Waals surface area contributed by atoms with E-state index in [4.69, 9.17) is 4.98 Å². The van der Waals surface area contributed by atoms with Gasteiger partial charge in [-0.05, 0) is 24.0 Å². The minimum absolute atomic E-state index is 0.0913. The maximum Gasteiger partial charge on any atom is 0.342 e. The number of rotatable bonds is 15. The lowest BCUT2D eigenvalue weighted by Gasteiger charge is -2.24. The monoisotopic (exact) mass is 466 g/mol. The van der Waals surface area contributed by atoms with Gasteiger partial charge in [0.25, 0.3) is 0 Å². The molecule has 1 heterocycles. The van der Waals surface area contributed by atoms with Gasteiger partial charge in [-0.3, -0.25) is 0 Å². The molecule has 176 valence electrons. The second-order valence-electron chi connectivity index (χ2n) is 7.51. The summed E-state index contributed by atoms with van der Waals surface area (Å²) in [5.41, 5.74) is 2.08. The number of nitrogens with zero attached hydrogens (tertiary/aromatic N) is 3. The molecule has 2 N–H and O–H groups in total. The molecule has 0 aliphatic heterocycles. The van der Waals surface area contributed by atoms with Gasteiger partial charge < -0.3 is 15.3 Å². The number of carboxylic acid groups (broad SMARTS) is 1. The molecule has 1 aromatic carbocycles. The van der Waals surface area contributed by atoms with Gasteiger partial charge in [0.15, 0.2) is 0 Å². The Balaban J connectivity index is 2.50. The molecule has 0 saturated heterocycles. The average Bonchev–Trinajstić information content (AvgIpc) is 2.83. The number of benzene rings is 1. The predicted octanol–water partition coefficient (Wildman–Crippen LogP) is 6.19. The Morgan fingerprint density at radius 3 is 2.52 bits per heavy atom. The highest BCUT2D eigenvalue weighted by Crippen LogP contribution is 2.31. The molecule has 2 rings (SSSR count). The van der Waals surface area contributed by atoms with Gasteiger partial charge in [0.1, 0.15) is 16.4 Å². The van der Waals surface area contributed by atoms with Crippen molar-refractivity contribution in [3.05, 3.63) is 78.4 Å². The molecule has 0 saturated carbocycles. The zero-order chi connectivity index (χ0) is 24.1. The maximum atomic E-state index is 12.3. The molecule has 33 heavy (non-hydrogen) atoms. The summed E-state index contributed by atoms with van der Waals surface area (Å²) in [4.78, 5) is 23.8. The van der Waals surface area contributed by atoms with Crippen molar-refractivity contribution in [1.29, 1.82) is 0 Å². The summed E-state index contributed by atoms with van der Waals surface area (Å²) in [6, 6.07) is 9.96. The number of carbonyl (C=O) groups is 1. The van der Waals surface area contributed by atoms with Crippen LogP contribution in [0.3, 0.4) is 0 Å². The standard InChI is InChI=1S/C26H34N4O2S/c1-5-9-17-30(16-7-3)26-28-23(27-18-20(8-4)13-6-2)22(25(31)32)24(29-26)33-19-21-14-11-10-12-15-21/h6,8,10-15H,2,4-5,7,9,16-19H2,1,3H3,(H,31,32)(H,27,28,29)/b20-13+. The van der Waals surface area contributed by atoms with E-state index in [-0.39, 0.29) is 5.56 Å². The van der Waals surface area contributed by atoms with Crippen LogP contribution in [0.5, 0.6) is 0 Å². The van der Waals surface area contributed by atoms with Crippen LogP contribution in [0.2, 0.25) is 0 Å². The highest BCUT2D eigenvalue weighted by Gasteiger charge is 2.23. The fraction of sp³-hybridized carbons (Fsp3) is 0.346. The molecule has 0 aliphatic rings. The van der Waals surface area contributed by atoms with E-state index in [1.807, 2.05) is 36.4 Å². The number of unbranched alkanes of at least 4 members (excludes halogenated alkanes) is 1. The van der Waals surface area contributed by atoms with Crippen LogP contribution >= 0.6 is 11.8 Å². The third kappa shape index (κ3) is 8.09. The smallest absolute Gasteiger partial charge is 0.342 e. The number of carboxylic acids is 1. The fourth-order valence-corrected chi connectivity index (χ4v) is 4.16. The summed E-state index contributed by atoms with van der Waals surface area (Å²) in [7, 11) is 0. The number of nitrogens with one attached hydrogen (secondary N) is 1. The number of aromatic carboxylic acids is 1. The molecule has 7 heteroatoms. The number of hydrogen-bond donors (Lipinski definition) is 2. The molecule has 0 spiro atoms. The van der Waals surface area contributed by atoms with E-state index in [1.54, 1.807) is 12.2 Å². The van der Waals surface area contributed by atoms with Crippen LogP contribution in [0.25, 0.3) is 0 Å². The second kappa shape index (κ2) is 14.2. The zero-order valence-corrected chi connectivity index (χ0v) is 20.4. The molecule has 0 unspecified atom stereocenters. The Morgan fingerprint density at radius 1 is 1.15 bits per heavy atom. The van der Waals surface area contributed by atoms with Crippen molar-refractivity contribution in [1.82, 2.24) is 9.97 Å². The van der Waals surface area contributed by atoms with Crippen LogP contribution in [0.4, 0.5) is 11.8 Å². The van der Waals surface area contributed by atoms with Gasteiger partial charge >= 0.3 is 5.97 Å². The molecular formula is C26H34N4O2S. The van der Waals surface area contributed by atoms with E-state index in [0.29, 0.717) is 29.1 Å². The molecule has 0 radical (unpaired) electrons. The van der Waals surface area contributed by atoms with Gasteiger partial charge in [-0.1, -0.05) is 82.0 Å². The number of allylic oxidation sites excluding steroid dienone is 2. The molecular weight excluding hydrogens is 432 g/mol. The van der Waals surface area contributed by atoms with Crippen molar-refractivity contribution < 1.29 is 9.90 Å². The van der Waals surface area contributed by atoms with E-state index in [1.165, 1.54) is 11.8 Å². The van der Waals surface area contributed by atoms with E-state index in [9.17, 15) is 9.90 Å². The van der Waals surface area contributed by atoms with Crippen molar-refractivity contribution in [3.63, 3.8) is 0 Å². The van der Waals surface area contributed by atoms with E-state index in [2.05, 4.69) is 42.2 Å². The first-order valence-corrected chi connectivity index (χ1v) is 12.3. The Morgan fingerprint density at radius 2 is 1.91 bits per heavy atom. The third-order valence-corrected chi connectivity index (χ3v) is 5.95. The second-order valence-corrected chi connectivity index (χ2v) is 8.47. The van der Waals surface area contributed by atoms with Crippen molar-refractivity contribution in [3.8, 4) is 0 Å². The Labute approximate surface area is 201 Å². The Hall–Kier alpha value is -3.06. The van der Waals surface area contributed by atoms with Crippen LogP contribution < -0.4 is 10.2 Å². The summed E-state index contributed by atoms with van der Waals surface area (Å²) < 4.78 is 0. The van der Waals surface area contributed by atoms with E-state index >= 15 is 0 Å². The molecule has 0 aliphatic carbocycles. The molecule has 0 atom stereocenters. The van der Waals surface area contributed by atoms with Gasteiger partial charge in [-0.15, -0.1) is 11.8 Å². The molecule has 0 bridgehead atoms. The highest BCUT2D eigenvalue weighted by atomic mass is 32.2. The summed E-state index contributed by atoms with van der Waals surface area (Å²) in [5.74, 6) is 0.440. The molecule has 0 fully saturated rings. The van der Waals surface area contributed by atoms with Crippen molar-refractivity contribution in [2.75, 3.05) is 29.9 Å². The molecule has 0 amide bonds. The van der Waals surface area contributed by atoms with Crippen LogP contribution in [0, 0.1) is 0 Å². The van der Waals surface area contributed by atoms with Gasteiger partial charge in [-0.25, -0.2) is 9.78 Å². The van der Waals surface area contributed by atoms with E-state index < -0.39 is 5.97 Å². The SMILES string of the molecule is C=C/C=C(\C=C)CNc1nc(N(CCC)CCCC)nc(SCc2ccccc2)c1C(=O)O. The van der Waals surface area contributed by atoms with Crippen molar-refractivity contribution in [2.45, 2.75) is 43.9 Å². The zero-order valence-electron chi connectivity index (χ0n) is 19.6. The Kier molecular flexibility index (Phi) is 11.2. The molecule has 6 nitrogen and oxygen atoms in total. The van der Waals surface area contributed by atoms with Gasteiger partial charge in [-0.2, -0.15) is 4.98 Å².